The van der Waals surface area contributed by atoms with E-state index < -0.39 is 0 Å². The van der Waals surface area contributed by atoms with E-state index in [1.54, 1.807) is 6.07 Å². The Bertz CT molecular complexity index is 557. The Hall–Kier alpha value is -1.26. The standard InChI is InChI=1S/C17H23NO3/c1-17(2)11-9-12-14(7-4-8-18-12)20-15(11)10-5-3-6-13(19)16(10)21-17/h3,5-6,11-12,14-15,18-19H,4,7-9H2,1-2H3/t11-,12-,14-,15+/m0/s1. The summed E-state index contributed by atoms with van der Waals surface area (Å²) in [5, 5.41) is 13.7. The van der Waals surface area contributed by atoms with Crippen molar-refractivity contribution in [2.24, 2.45) is 5.92 Å². The third-order valence-corrected chi connectivity index (χ3v) is 5.30. The maximum absolute atomic E-state index is 10.1. The van der Waals surface area contributed by atoms with Crippen LogP contribution in [0.1, 0.15) is 44.8 Å². The van der Waals surface area contributed by atoms with Crippen molar-refractivity contribution < 1.29 is 14.6 Å². The van der Waals surface area contributed by atoms with Crippen LogP contribution in [0.2, 0.25) is 0 Å². The number of aromatic hydroxyl groups is 1. The second-order valence-electron chi connectivity index (χ2n) is 7.04. The Morgan fingerprint density at radius 3 is 3.05 bits per heavy atom. The van der Waals surface area contributed by atoms with Gasteiger partial charge in [0, 0.05) is 17.5 Å². The van der Waals surface area contributed by atoms with Crippen molar-refractivity contribution in [1.82, 2.24) is 5.32 Å². The number of benzene rings is 1. The minimum absolute atomic E-state index is 0.0250. The summed E-state index contributed by atoms with van der Waals surface area (Å²) < 4.78 is 12.6. The van der Waals surface area contributed by atoms with Crippen LogP contribution >= 0.6 is 0 Å². The number of para-hydroxylation sites is 1. The second-order valence-corrected chi connectivity index (χ2v) is 7.04. The summed E-state index contributed by atoms with van der Waals surface area (Å²) in [6.07, 6.45) is 3.67. The molecule has 0 aliphatic carbocycles. The fraction of sp³-hybridized carbons (Fsp3) is 0.647. The number of piperidine rings is 1. The van der Waals surface area contributed by atoms with Gasteiger partial charge in [-0.3, -0.25) is 0 Å². The van der Waals surface area contributed by atoms with E-state index in [2.05, 4.69) is 19.2 Å². The molecule has 0 saturated carbocycles. The van der Waals surface area contributed by atoms with E-state index in [0.717, 1.165) is 24.9 Å². The zero-order valence-electron chi connectivity index (χ0n) is 12.6. The quantitative estimate of drug-likeness (QED) is 0.771. The summed E-state index contributed by atoms with van der Waals surface area (Å²) >= 11 is 0. The maximum Gasteiger partial charge on any atom is 0.167 e. The van der Waals surface area contributed by atoms with E-state index in [1.165, 1.54) is 6.42 Å². The minimum atomic E-state index is -0.333. The van der Waals surface area contributed by atoms with E-state index >= 15 is 0 Å². The van der Waals surface area contributed by atoms with Crippen molar-refractivity contribution in [1.29, 1.82) is 0 Å². The van der Waals surface area contributed by atoms with E-state index in [-0.39, 0.29) is 23.6 Å². The average Bonchev–Trinajstić information content (AvgIpc) is 2.47. The summed E-state index contributed by atoms with van der Waals surface area (Å²) in [4.78, 5) is 0. The molecule has 114 valence electrons. The molecule has 21 heavy (non-hydrogen) atoms. The van der Waals surface area contributed by atoms with Gasteiger partial charge in [-0.1, -0.05) is 12.1 Å². The third-order valence-electron chi connectivity index (χ3n) is 5.30. The molecule has 3 aliphatic heterocycles. The average molecular weight is 289 g/mol. The minimum Gasteiger partial charge on any atom is -0.504 e. The number of phenolic OH excluding ortho intramolecular Hbond substituents is 1. The first-order chi connectivity index (χ1) is 10.1. The van der Waals surface area contributed by atoms with Gasteiger partial charge in [-0.25, -0.2) is 0 Å². The van der Waals surface area contributed by atoms with Gasteiger partial charge in [-0.2, -0.15) is 0 Å². The smallest absolute Gasteiger partial charge is 0.167 e. The van der Waals surface area contributed by atoms with Gasteiger partial charge in [-0.05, 0) is 45.7 Å². The molecule has 0 spiro atoms. The number of ether oxygens (including phenoxy) is 2. The van der Waals surface area contributed by atoms with Crippen molar-refractivity contribution in [2.45, 2.75) is 57.0 Å². The second kappa shape index (κ2) is 4.62. The number of fused-ring (bicyclic) bond motifs is 4. The Morgan fingerprint density at radius 2 is 2.19 bits per heavy atom. The van der Waals surface area contributed by atoms with Crippen molar-refractivity contribution in [3.8, 4) is 11.5 Å². The highest BCUT2D eigenvalue weighted by Crippen LogP contribution is 2.53. The molecular weight excluding hydrogens is 266 g/mol. The molecule has 4 nitrogen and oxygen atoms in total. The van der Waals surface area contributed by atoms with Crippen LogP contribution in [0.25, 0.3) is 0 Å². The number of hydrogen-bond acceptors (Lipinski definition) is 4. The van der Waals surface area contributed by atoms with Crippen molar-refractivity contribution >= 4 is 0 Å². The first-order valence-electron chi connectivity index (χ1n) is 7.96. The van der Waals surface area contributed by atoms with Gasteiger partial charge in [0.1, 0.15) is 5.60 Å². The molecule has 2 saturated heterocycles. The van der Waals surface area contributed by atoms with Gasteiger partial charge < -0.3 is 19.9 Å². The van der Waals surface area contributed by atoms with Crippen LogP contribution in [-0.4, -0.2) is 29.4 Å². The molecule has 1 aromatic carbocycles. The molecule has 0 unspecified atom stereocenters. The first-order valence-corrected chi connectivity index (χ1v) is 7.96. The van der Waals surface area contributed by atoms with E-state index in [9.17, 15) is 5.11 Å². The number of rotatable bonds is 0. The highest BCUT2D eigenvalue weighted by Gasteiger charge is 2.51. The van der Waals surface area contributed by atoms with E-state index in [0.29, 0.717) is 17.7 Å². The van der Waals surface area contributed by atoms with Crippen molar-refractivity contribution in [2.75, 3.05) is 6.54 Å². The van der Waals surface area contributed by atoms with Gasteiger partial charge in [0.05, 0.1) is 12.2 Å². The van der Waals surface area contributed by atoms with Gasteiger partial charge in [-0.15, -0.1) is 0 Å². The van der Waals surface area contributed by atoms with Crippen LogP contribution in [0.15, 0.2) is 18.2 Å². The Kier molecular flexibility index (Phi) is 2.95. The van der Waals surface area contributed by atoms with E-state index in [4.69, 9.17) is 9.47 Å². The molecule has 0 aromatic heterocycles. The topological polar surface area (TPSA) is 50.7 Å². The van der Waals surface area contributed by atoms with Gasteiger partial charge >= 0.3 is 0 Å². The molecule has 1 aromatic rings. The zero-order chi connectivity index (χ0) is 14.6. The Labute approximate surface area is 125 Å². The monoisotopic (exact) mass is 289 g/mol. The molecule has 2 fully saturated rings. The molecule has 0 radical (unpaired) electrons. The number of phenols is 1. The summed E-state index contributed by atoms with van der Waals surface area (Å²) in [6, 6.07) is 6.02. The molecule has 4 rings (SSSR count). The lowest BCUT2D eigenvalue weighted by atomic mass is 9.73. The van der Waals surface area contributed by atoms with Crippen LogP contribution in [0.5, 0.6) is 11.5 Å². The third kappa shape index (κ3) is 2.04. The highest BCUT2D eigenvalue weighted by atomic mass is 16.5. The van der Waals surface area contributed by atoms with Crippen LogP contribution in [0.4, 0.5) is 0 Å². The zero-order valence-corrected chi connectivity index (χ0v) is 12.6. The maximum atomic E-state index is 10.1. The first kappa shape index (κ1) is 13.4. The van der Waals surface area contributed by atoms with Gasteiger partial charge in [0.25, 0.3) is 0 Å². The molecule has 4 atom stereocenters. The van der Waals surface area contributed by atoms with Gasteiger partial charge in [0.2, 0.25) is 0 Å². The molecule has 2 N–H and O–H groups in total. The van der Waals surface area contributed by atoms with Crippen LogP contribution < -0.4 is 10.1 Å². The molecule has 3 aliphatic rings. The predicted molar refractivity (Wildman–Crippen MR) is 79.6 cm³/mol. The molecule has 3 heterocycles. The Morgan fingerprint density at radius 1 is 1.33 bits per heavy atom. The summed E-state index contributed by atoms with van der Waals surface area (Å²) in [6.45, 7) is 5.29. The molecule has 4 heteroatoms. The molecule has 0 amide bonds. The predicted octanol–water partition coefficient (Wildman–Crippen LogP) is 2.76. The van der Waals surface area contributed by atoms with Crippen LogP contribution in [-0.2, 0) is 4.74 Å². The Balaban J connectivity index is 1.75. The van der Waals surface area contributed by atoms with Gasteiger partial charge in [0.15, 0.2) is 11.5 Å². The largest absolute Gasteiger partial charge is 0.504 e. The lowest BCUT2D eigenvalue weighted by Crippen LogP contribution is -2.57. The van der Waals surface area contributed by atoms with Crippen molar-refractivity contribution in [3.63, 3.8) is 0 Å². The fourth-order valence-electron chi connectivity index (χ4n) is 4.16. The molecule has 0 bridgehead atoms. The summed E-state index contributed by atoms with van der Waals surface area (Å²) in [5.74, 6) is 1.12. The highest BCUT2D eigenvalue weighted by molar-refractivity contribution is 5.49. The fourth-order valence-corrected chi connectivity index (χ4v) is 4.16. The lowest BCUT2D eigenvalue weighted by molar-refractivity contribution is -0.168. The lowest BCUT2D eigenvalue weighted by Gasteiger charge is -2.52. The SMILES string of the molecule is CC1(C)Oc2c(O)cccc2[C@H]2O[C@H]3CCCN[C@H]3C[C@@H]21. The van der Waals surface area contributed by atoms with Crippen LogP contribution in [0, 0.1) is 5.92 Å². The molecular formula is C17H23NO3. The van der Waals surface area contributed by atoms with Crippen LogP contribution in [0.3, 0.4) is 0 Å². The van der Waals surface area contributed by atoms with E-state index in [1.807, 2.05) is 12.1 Å². The van der Waals surface area contributed by atoms with Crippen molar-refractivity contribution in [3.05, 3.63) is 23.8 Å². The summed E-state index contributed by atoms with van der Waals surface area (Å²) in [7, 11) is 0. The summed E-state index contributed by atoms with van der Waals surface area (Å²) in [5.41, 5.74) is 0.670. The normalized spacial score (nSPS) is 36.9. The number of nitrogens with one attached hydrogen (secondary N) is 1. The number of hydrogen-bond donors (Lipinski definition) is 2.